The van der Waals surface area contributed by atoms with E-state index in [-0.39, 0.29) is 23.5 Å². The molecule has 1 aromatic carbocycles. The van der Waals surface area contributed by atoms with E-state index in [2.05, 4.69) is 64.7 Å². The number of benzene rings is 1. The number of quaternary nitrogens is 2. The molecule has 0 spiro atoms. The normalized spacial score (nSPS) is 21.1. The van der Waals surface area contributed by atoms with Gasteiger partial charge >= 0.3 is 0 Å². The predicted octanol–water partition coefficient (Wildman–Crippen LogP) is 1.25. The fraction of sp³-hybridized carbons (Fsp3) is 0.577. The maximum Gasteiger partial charge on any atom is 0.141 e. The number of aromatic nitrogens is 1. The van der Waals surface area contributed by atoms with Gasteiger partial charge in [-0.3, -0.25) is 4.98 Å². The molecule has 1 fully saturated rings. The van der Waals surface area contributed by atoms with Crippen LogP contribution in [0.5, 0.6) is 5.75 Å². The highest BCUT2D eigenvalue weighted by atomic mass is 16.3. The molecule has 5 nitrogen and oxygen atoms in total. The molecule has 0 amide bonds. The third-order valence-electron chi connectivity index (χ3n) is 6.57. The van der Waals surface area contributed by atoms with Gasteiger partial charge in [0.1, 0.15) is 44.5 Å². The Labute approximate surface area is 187 Å². The van der Waals surface area contributed by atoms with Crippen LogP contribution in [0.25, 0.3) is 0 Å². The summed E-state index contributed by atoms with van der Waals surface area (Å²) in [6.45, 7) is 18.3. The van der Waals surface area contributed by atoms with E-state index in [1.165, 1.54) is 20.9 Å². The maximum absolute atomic E-state index is 11.2. The van der Waals surface area contributed by atoms with Gasteiger partial charge in [0.25, 0.3) is 0 Å². The van der Waals surface area contributed by atoms with Crippen molar-refractivity contribution >= 4 is 0 Å². The van der Waals surface area contributed by atoms with Crippen molar-refractivity contribution in [3.63, 3.8) is 0 Å². The number of nitrogens with zero attached hydrogens (tertiary/aromatic N) is 1. The second-order valence-electron chi connectivity index (χ2n) is 11.1. The first-order valence-electron chi connectivity index (χ1n) is 11.6. The van der Waals surface area contributed by atoms with Gasteiger partial charge in [0.15, 0.2) is 0 Å². The molecule has 0 bridgehead atoms. The molecule has 1 aliphatic heterocycles. The van der Waals surface area contributed by atoms with Gasteiger partial charge in [-0.2, -0.15) is 0 Å². The molecule has 0 saturated carbocycles. The lowest BCUT2D eigenvalue weighted by molar-refractivity contribution is -1.02. The van der Waals surface area contributed by atoms with Crippen LogP contribution in [0.4, 0.5) is 0 Å². The van der Waals surface area contributed by atoms with E-state index in [9.17, 15) is 10.2 Å². The van der Waals surface area contributed by atoms with Gasteiger partial charge in [-0.25, -0.2) is 0 Å². The van der Waals surface area contributed by atoms with Crippen molar-refractivity contribution in [1.29, 1.82) is 0 Å². The molecule has 1 aromatic heterocycles. The van der Waals surface area contributed by atoms with Crippen molar-refractivity contribution in [1.82, 2.24) is 4.98 Å². The summed E-state index contributed by atoms with van der Waals surface area (Å²) in [6, 6.07) is 8.82. The first-order chi connectivity index (χ1) is 14.5. The van der Waals surface area contributed by atoms with Crippen LogP contribution in [0.15, 0.2) is 36.7 Å². The van der Waals surface area contributed by atoms with E-state index in [1.54, 1.807) is 0 Å². The minimum Gasteiger partial charge on any atom is -0.507 e. The standard InChI is InChI=1S/C26H39N3O2/c1-25(2,3)21-16-20(17-22(24(21)31)26(4,5)6)23(19-8-7-9-27-18-19)29-12-10-28(11-13-29)14-15-30/h7-9,16-18,23,30-31H,10-15H2,1-6H3/p+2/t23-/m1/s1. The summed E-state index contributed by atoms with van der Waals surface area (Å²) < 4.78 is 0. The monoisotopic (exact) mass is 427 g/mol. The maximum atomic E-state index is 11.2. The fourth-order valence-corrected chi connectivity index (χ4v) is 4.80. The number of aliphatic hydroxyl groups excluding tert-OH is 1. The van der Waals surface area contributed by atoms with Crippen LogP contribution in [-0.4, -0.2) is 54.5 Å². The third kappa shape index (κ3) is 5.46. The zero-order chi connectivity index (χ0) is 22.8. The summed E-state index contributed by atoms with van der Waals surface area (Å²) in [5.41, 5.74) is 4.17. The number of piperazine rings is 1. The van der Waals surface area contributed by atoms with E-state index in [0.717, 1.165) is 43.9 Å². The highest BCUT2D eigenvalue weighted by molar-refractivity contribution is 5.51. The Morgan fingerprint density at radius 2 is 1.52 bits per heavy atom. The fourth-order valence-electron chi connectivity index (χ4n) is 4.80. The Morgan fingerprint density at radius 1 is 0.935 bits per heavy atom. The Morgan fingerprint density at radius 3 is 1.97 bits per heavy atom. The summed E-state index contributed by atoms with van der Waals surface area (Å²) in [5, 5.41) is 20.5. The van der Waals surface area contributed by atoms with Crippen molar-refractivity contribution in [3.8, 4) is 5.75 Å². The number of rotatable bonds is 5. The summed E-state index contributed by atoms with van der Waals surface area (Å²) in [7, 11) is 0. The number of phenolic OH excluding ortho intramolecular Hbond substituents is 1. The molecule has 0 unspecified atom stereocenters. The first-order valence-corrected chi connectivity index (χ1v) is 11.6. The Hall–Kier alpha value is -1.95. The average molecular weight is 428 g/mol. The first kappa shape index (κ1) is 23.7. The van der Waals surface area contributed by atoms with Crippen LogP contribution in [0.2, 0.25) is 0 Å². The molecule has 0 radical (unpaired) electrons. The zero-order valence-electron chi connectivity index (χ0n) is 20.1. The number of aromatic hydroxyl groups is 1. The van der Waals surface area contributed by atoms with Crippen LogP contribution in [0.3, 0.4) is 0 Å². The van der Waals surface area contributed by atoms with Crippen molar-refractivity contribution in [3.05, 3.63) is 58.9 Å². The molecule has 4 N–H and O–H groups in total. The van der Waals surface area contributed by atoms with Gasteiger partial charge in [-0.15, -0.1) is 0 Å². The summed E-state index contributed by atoms with van der Waals surface area (Å²) in [5.74, 6) is 0.431. The minimum atomic E-state index is -0.154. The van der Waals surface area contributed by atoms with E-state index >= 15 is 0 Å². The van der Waals surface area contributed by atoms with E-state index in [1.807, 2.05) is 18.5 Å². The van der Waals surface area contributed by atoms with Crippen LogP contribution < -0.4 is 9.80 Å². The SMILES string of the molecule is CC(C)(C)c1cc([C@@H](c2cccnc2)[NH+]2CC[NH+](CCO)CC2)cc(C(C)(C)C)c1O. The Kier molecular flexibility index (Phi) is 7.09. The number of pyridine rings is 1. The lowest BCUT2D eigenvalue weighted by atomic mass is 9.77. The van der Waals surface area contributed by atoms with Gasteiger partial charge in [0.2, 0.25) is 0 Å². The number of hydrogen-bond donors (Lipinski definition) is 4. The smallest absolute Gasteiger partial charge is 0.141 e. The Bertz CT molecular complexity index is 825. The van der Waals surface area contributed by atoms with Crippen LogP contribution >= 0.6 is 0 Å². The number of aliphatic hydroxyl groups is 1. The van der Waals surface area contributed by atoms with Gasteiger partial charge in [0.05, 0.1) is 6.61 Å². The van der Waals surface area contributed by atoms with Crippen molar-refractivity contribution in [2.45, 2.75) is 58.4 Å². The minimum absolute atomic E-state index is 0.154. The second-order valence-corrected chi connectivity index (χ2v) is 11.1. The molecule has 31 heavy (non-hydrogen) atoms. The van der Waals surface area contributed by atoms with E-state index in [4.69, 9.17) is 0 Å². The summed E-state index contributed by atoms with van der Waals surface area (Å²) >= 11 is 0. The predicted molar refractivity (Wildman–Crippen MR) is 125 cm³/mol. The third-order valence-corrected chi connectivity index (χ3v) is 6.57. The molecular weight excluding hydrogens is 386 g/mol. The highest BCUT2D eigenvalue weighted by Crippen LogP contribution is 2.41. The molecule has 1 saturated heterocycles. The van der Waals surface area contributed by atoms with Crippen LogP contribution in [0, 0.1) is 0 Å². The van der Waals surface area contributed by atoms with E-state index in [0.29, 0.717) is 5.75 Å². The van der Waals surface area contributed by atoms with Crippen molar-refractivity contribution < 1.29 is 20.0 Å². The molecule has 5 heteroatoms. The molecule has 170 valence electrons. The lowest BCUT2D eigenvalue weighted by Crippen LogP contribution is -3.28. The topological polar surface area (TPSA) is 62.2 Å². The molecular formula is C26H41N3O2+2. The highest BCUT2D eigenvalue weighted by Gasteiger charge is 2.35. The molecule has 1 atom stereocenters. The molecule has 2 aromatic rings. The van der Waals surface area contributed by atoms with Gasteiger partial charge < -0.3 is 20.0 Å². The number of phenols is 1. The number of hydrogen-bond acceptors (Lipinski definition) is 3. The molecule has 1 aliphatic rings. The average Bonchev–Trinajstić information content (AvgIpc) is 2.70. The van der Waals surface area contributed by atoms with Gasteiger partial charge in [-0.1, -0.05) is 41.5 Å². The van der Waals surface area contributed by atoms with Crippen LogP contribution in [0.1, 0.15) is 69.8 Å². The van der Waals surface area contributed by atoms with Crippen molar-refractivity contribution in [2.24, 2.45) is 0 Å². The quantitative estimate of drug-likeness (QED) is 0.581. The Balaban J connectivity index is 2.11. The summed E-state index contributed by atoms with van der Waals surface area (Å²) in [6.07, 6.45) is 3.82. The van der Waals surface area contributed by atoms with Gasteiger partial charge in [0, 0.05) is 34.6 Å². The molecule has 3 rings (SSSR count). The number of nitrogens with one attached hydrogen (secondary N) is 2. The van der Waals surface area contributed by atoms with Crippen molar-refractivity contribution in [2.75, 3.05) is 39.3 Å². The molecule has 2 heterocycles. The lowest BCUT2D eigenvalue weighted by Gasteiger charge is -2.36. The molecule has 0 aliphatic carbocycles. The van der Waals surface area contributed by atoms with Crippen LogP contribution in [-0.2, 0) is 10.8 Å². The summed E-state index contributed by atoms with van der Waals surface area (Å²) in [4.78, 5) is 7.44. The van der Waals surface area contributed by atoms with Gasteiger partial charge in [-0.05, 0) is 35.1 Å². The van der Waals surface area contributed by atoms with E-state index < -0.39 is 0 Å². The zero-order valence-corrected chi connectivity index (χ0v) is 20.1. The second kappa shape index (κ2) is 9.27. The largest absolute Gasteiger partial charge is 0.507 e.